The van der Waals surface area contributed by atoms with E-state index in [2.05, 4.69) is 10.6 Å². The molecule has 1 aliphatic rings. The van der Waals surface area contributed by atoms with Gasteiger partial charge in [0.05, 0.1) is 65.9 Å². The third-order valence-corrected chi connectivity index (χ3v) is 7.93. The van der Waals surface area contributed by atoms with Crippen molar-refractivity contribution in [2.75, 3.05) is 105 Å². The van der Waals surface area contributed by atoms with Crippen molar-refractivity contribution in [3.63, 3.8) is 0 Å². The van der Waals surface area contributed by atoms with Gasteiger partial charge in [0, 0.05) is 52.1 Å². The summed E-state index contributed by atoms with van der Waals surface area (Å²) < 4.78 is 33.6. The number of carbonyl (C=O) groups is 4. The number of benzene rings is 2. The van der Waals surface area contributed by atoms with E-state index < -0.39 is 0 Å². The maximum Gasteiger partial charge on any atom is 0.306 e. The summed E-state index contributed by atoms with van der Waals surface area (Å²) in [5.74, 6) is -0.860. The van der Waals surface area contributed by atoms with E-state index in [9.17, 15) is 19.2 Å². The van der Waals surface area contributed by atoms with E-state index >= 15 is 0 Å². The molecule has 2 amide bonds. The molecular weight excluding hydrogens is 672 g/mol. The third-order valence-electron chi connectivity index (χ3n) is 7.93. The number of rotatable bonds is 16. The molecule has 2 aromatic rings. The molecule has 0 spiro atoms. The van der Waals surface area contributed by atoms with Crippen LogP contribution in [-0.2, 0) is 60.8 Å². The first kappa shape index (κ1) is 42.5. The summed E-state index contributed by atoms with van der Waals surface area (Å²) in [5.41, 5.74) is 1.87. The van der Waals surface area contributed by atoms with Crippen molar-refractivity contribution in [2.24, 2.45) is 0 Å². The summed E-state index contributed by atoms with van der Waals surface area (Å²) in [6.07, 6.45) is 1.44. The molecule has 1 aliphatic heterocycles. The summed E-state index contributed by atoms with van der Waals surface area (Å²) in [6, 6.07) is 19.0. The van der Waals surface area contributed by atoms with Crippen LogP contribution in [0.2, 0.25) is 0 Å². The zero-order valence-electron chi connectivity index (χ0n) is 30.3. The third kappa shape index (κ3) is 21.4. The molecule has 0 unspecified atom stereocenters. The normalized spacial score (nSPS) is 16.2. The Bertz CT molecular complexity index is 1150. The first-order valence-electron chi connectivity index (χ1n) is 18.2. The van der Waals surface area contributed by atoms with Crippen LogP contribution < -0.4 is 10.6 Å². The largest absolute Gasteiger partial charge is 0.461 e. The van der Waals surface area contributed by atoms with Gasteiger partial charge in [-0.2, -0.15) is 0 Å². The fraction of sp³-hybridized carbons (Fsp3) is 0.579. The van der Waals surface area contributed by atoms with Gasteiger partial charge in [0.1, 0.15) is 13.2 Å². The SMILES string of the molecule is O=C(CN1CCOCCOCCN(CC(=O)NCCCC(=O)OCc2ccccc2)CCOCCOCC1)NCCCC(=O)OCc1ccccc1. The Balaban J connectivity index is 1.26. The summed E-state index contributed by atoms with van der Waals surface area (Å²) >= 11 is 0. The van der Waals surface area contributed by atoms with Crippen molar-refractivity contribution in [2.45, 2.75) is 38.9 Å². The Morgan fingerprint density at radius 3 is 1.21 bits per heavy atom. The van der Waals surface area contributed by atoms with Gasteiger partial charge in [0.2, 0.25) is 11.8 Å². The molecule has 3 rings (SSSR count). The van der Waals surface area contributed by atoms with Gasteiger partial charge in [-0.15, -0.1) is 0 Å². The molecule has 0 aromatic heterocycles. The van der Waals surface area contributed by atoms with Crippen molar-refractivity contribution in [1.29, 1.82) is 0 Å². The van der Waals surface area contributed by atoms with E-state index in [1.54, 1.807) is 0 Å². The van der Waals surface area contributed by atoms with Crippen LogP contribution >= 0.6 is 0 Å². The van der Waals surface area contributed by atoms with Gasteiger partial charge in [-0.05, 0) is 24.0 Å². The van der Waals surface area contributed by atoms with Crippen LogP contribution in [0.5, 0.6) is 0 Å². The summed E-state index contributed by atoms with van der Waals surface area (Å²) in [4.78, 5) is 53.2. The zero-order chi connectivity index (χ0) is 36.9. The van der Waals surface area contributed by atoms with Crippen LogP contribution in [0, 0.1) is 0 Å². The highest BCUT2D eigenvalue weighted by atomic mass is 16.5. The lowest BCUT2D eigenvalue weighted by molar-refractivity contribution is -0.146. The van der Waals surface area contributed by atoms with Crippen LogP contribution in [0.25, 0.3) is 0 Å². The lowest BCUT2D eigenvalue weighted by Gasteiger charge is -2.23. The van der Waals surface area contributed by atoms with E-state index in [1.165, 1.54) is 0 Å². The van der Waals surface area contributed by atoms with E-state index in [1.807, 2.05) is 70.5 Å². The fourth-order valence-electron chi connectivity index (χ4n) is 5.02. The van der Waals surface area contributed by atoms with Gasteiger partial charge in [-0.3, -0.25) is 29.0 Å². The van der Waals surface area contributed by atoms with Crippen LogP contribution in [0.4, 0.5) is 0 Å². The van der Waals surface area contributed by atoms with Gasteiger partial charge in [-0.1, -0.05) is 60.7 Å². The molecular formula is C38H56N4O10. The lowest BCUT2D eigenvalue weighted by Crippen LogP contribution is -2.41. The predicted octanol–water partition coefficient (Wildman–Crippen LogP) is 1.95. The van der Waals surface area contributed by atoms with E-state index in [4.69, 9.17) is 28.4 Å². The summed E-state index contributed by atoms with van der Waals surface area (Å²) in [5, 5.41) is 5.75. The smallest absolute Gasteiger partial charge is 0.306 e. The molecule has 52 heavy (non-hydrogen) atoms. The number of amides is 2. The Kier molecular flexibility index (Phi) is 22.6. The molecule has 0 bridgehead atoms. The number of nitrogens with zero attached hydrogens (tertiary/aromatic N) is 2. The summed E-state index contributed by atoms with van der Waals surface area (Å²) in [6.45, 7) is 7.03. The molecule has 0 saturated carbocycles. The maximum absolute atomic E-state index is 12.6. The molecule has 14 heteroatoms. The van der Waals surface area contributed by atoms with Gasteiger partial charge in [-0.25, -0.2) is 0 Å². The van der Waals surface area contributed by atoms with Gasteiger partial charge >= 0.3 is 11.9 Å². The maximum atomic E-state index is 12.6. The second-order valence-electron chi connectivity index (χ2n) is 12.2. The minimum absolute atomic E-state index is 0.135. The second-order valence-corrected chi connectivity index (χ2v) is 12.2. The number of hydrogen-bond acceptors (Lipinski definition) is 12. The number of carbonyl (C=O) groups excluding carboxylic acids is 4. The Labute approximate surface area is 307 Å². The minimum atomic E-state index is -0.295. The minimum Gasteiger partial charge on any atom is -0.461 e. The number of esters is 2. The first-order valence-corrected chi connectivity index (χ1v) is 18.2. The molecule has 2 N–H and O–H groups in total. The predicted molar refractivity (Wildman–Crippen MR) is 193 cm³/mol. The number of ether oxygens (including phenoxy) is 6. The quantitative estimate of drug-likeness (QED) is 0.192. The molecule has 1 fully saturated rings. The lowest BCUT2D eigenvalue weighted by atomic mass is 10.2. The van der Waals surface area contributed by atoms with Crippen LogP contribution in [-0.4, -0.2) is 139 Å². The molecule has 1 heterocycles. The van der Waals surface area contributed by atoms with Crippen molar-refractivity contribution < 1.29 is 47.6 Å². The van der Waals surface area contributed by atoms with Crippen LogP contribution in [0.1, 0.15) is 36.8 Å². The number of nitrogens with one attached hydrogen (secondary N) is 2. The fourth-order valence-corrected chi connectivity index (χ4v) is 5.02. The Morgan fingerprint density at radius 1 is 0.519 bits per heavy atom. The highest BCUT2D eigenvalue weighted by Crippen LogP contribution is 2.04. The van der Waals surface area contributed by atoms with Crippen molar-refractivity contribution in [3.05, 3.63) is 71.8 Å². The highest BCUT2D eigenvalue weighted by Gasteiger charge is 2.14. The van der Waals surface area contributed by atoms with Gasteiger partial charge in [0.15, 0.2) is 0 Å². The topological polar surface area (TPSA) is 154 Å². The molecule has 1 saturated heterocycles. The average Bonchev–Trinajstić information content (AvgIpc) is 3.15. The summed E-state index contributed by atoms with van der Waals surface area (Å²) in [7, 11) is 0. The Morgan fingerprint density at radius 2 is 0.865 bits per heavy atom. The molecule has 14 nitrogen and oxygen atoms in total. The van der Waals surface area contributed by atoms with Crippen molar-refractivity contribution in [1.82, 2.24) is 20.4 Å². The van der Waals surface area contributed by atoms with Crippen LogP contribution in [0.15, 0.2) is 60.7 Å². The monoisotopic (exact) mass is 728 g/mol. The van der Waals surface area contributed by atoms with E-state index in [-0.39, 0.29) is 62.9 Å². The molecule has 2 aromatic carbocycles. The molecule has 0 aliphatic carbocycles. The van der Waals surface area contributed by atoms with E-state index in [0.717, 1.165) is 11.1 Å². The van der Waals surface area contributed by atoms with Gasteiger partial charge in [0.25, 0.3) is 0 Å². The molecule has 0 radical (unpaired) electrons. The standard InChI is InChI=1S/C38H56N4O10/c43-35(39-15-7-13-37(45)51-31-33-9-3-1-4-10-33)29-41-17-21-47-25-27-49-23-19-42(20-24-50-28-26-48-22-18-41)30-36(44)40-16-8-14-38(46)52-32-34-11-5-2-6-12-34/h1-6,9-12H,7-8,13-32H2,(H,39,43)(H,40,44). The second kappa shape index (κ2) is 27.7. The highest BCUT2D eigenvalue weighted by molar-refractivity contribution is 5.78. The molecule has 0 atom stereocenters. The van der Waals surface area contributed by atoms with E-state index in [0.29, 0.717) is 105 Å². The average molecular weight is 729 g/mol. The first-order chi connectivity index (χ1) is 25.5. The van der Waals surface area contributed by atoms with Crippen LogP contribution in [0.3, 0.4) is 0 Å². The molecule has 288 valence electrons. The number of hydrogen-bond donors (Lipinski definition) is 2. The zero-order valence-corrected chi connectivity index (χ0v) is 30.3. The van der Waals surface area contributed by atoms with Crippen molar-refractivity contribution in [3.8, 4) is 0 Å². The van der Waals surface area contributed by atoms with Crippen molar-refractivity contribution >= 4 is 23.8 Å². The van der Waals surface area contributed by atoms with Gasteiger partial charge < -0.3 is 39.1 Å². The Hall–Kier alpha value is -3.92.